The zero-order valence-electron chi connectivity index (χ0n) is 6.91. The second-order valence-corrected chi connectivity index (χ2v) is 2.37. The van der Waals surface area contributed by atoms with Crippen molar-refractivity contribution in [2.24, 2.45) is 0 Å². The van der Waals surface area contributed by atoms with E-state index < -0.39 is 0 Å². The Labute approximate surface area is 76.4 Å². The molecule has 0 saturated heterocycles. The SMILES string of the molecule is N#Cc1ccc(N)c(C#CCO)c1. The van der Waals surface area contributed by atoms with Gasteiger partial charge in [-0.1, -0.05) is 11.8 Å². The van der Waals surface area contributed by atoms with Crippen LogP contribution in [0.25, 0.3) is 0 Å². The van der Waals surface area contributed by atoms with Crippen LogP contribution in [-0.4, -0.2) is 11.7 Å². The van der Waals surface area contributed by atoms with Gasteiger partial charge in [-0.3, -0.25) is 0 Å². The number of aliphatic hydroxyl groups is 1. The molecule has 0 bridgehead atoms. The average Bonchev–Trinajstić information content (AvgIpc) is 2.17. The molecule has 0 amide bonds. The summed E-state index contributed by atoms with van der Waals surface area (Å²) in [5, 5.41) is 17.1. The van der Waals surface area contributed by atoms with Gasteiger partial charge in [-0.25, -0.2) is 0 Å². The Balaban J connectivity index is 3.13. The average molecular weight is 172 g/mol. The van der Waals surface area contributed by atoms with Gasteiger partial charge in [0.15, 0.2) is 0 Å². The third-order valence-corrected chi connectivity index (χ3v) is 1.48. The summed E-state index contributed by atoms with van der Waals surface area (Å²) in [6.45, 7) is -0.212. The zero-order chi connectivity index (χ0) is 9.68. The molecular weight excluding hydrogens is 164 g/mol. The minimum atomic E-state index is -0.212. The first-order valence-corrected chi connectivity index (χ1v) is 3.67. The van der Waals surface area contributed by atoms with Crippen LogP contribution in [0.2, 0.25) is 0 Å². The number of aliphatic hydroxyl groups excluding tert-OH is 1. The third-order valence-electron chi connectivity index (χ3n) is 1.48. The zero-order valence-corrected chi connectivity index (χ0v) is 6.91. The Morgan fingerprint density at radius 2 is 2.23 bits per heavy atom. The molecule has 64 valence electrons. The van der Waals surface area contributed by atoms with E-state index in [9.17, 15) is 0 Å². The maximum Gasteiger partial charge on any atom is 0.104 e. The van der Waals surface area contributed by atoms with Gasteiger partial charge in [-0.2, -0.15) is 5.26 Å². The number of nitrogens with zero attached hydrogens (tertiary/aromatic N) is 1. The first-order valence-electron chi connectivity index (χ1n) is 3.67. The normalized spacial score (nSPS) is 8.31. The van der Waals surface area contributed by atoms with Crippen LogP contribution < -0.4 is 5.73 Å². The number of nitrogens with two attached hydrogens (primary N) is 1. The molecular formula is C10H8N2O. The van der Waals surface area contributed by atoms with Gasteiger partial charge in [0.05, 0.1) is 11.6 Å². The van der Waals surface area contributed by atoms with E-state index in [2.05, 4.69) is 11.8 Å². The highest BCUT2D eigenvalue weighted by Crippen LogP contribution is 2.11. The van der Waals surface area contributed by atoms with Gasteiger partial charge in [-0.05, 0) is 18.2 Å². The summed E-state index contributed by atoms with van der Waals surface area (Å²) in [5.41, 5.74) is 7.19. The molecule has 0 radical (unpaired) electrons. The second kappa shape index (κ2) is 4.15. The molecule has 0 atom stereocenters. The molecule has 3 N–H and O–H groups in total. The van der Waals surface area contributed by atoms with Crippen molar-refractivity contribution < 1.29 is 5.11 Å². The van der Waals surface area contributed by atoms with Crippen LogP contribution >= 0.6 is 0 Å². The smallest absolute Gasteiger partial charge is 0.104 e. The van der Waals surface area contributed by atoms with E-state index in [-0.39, 0.29) is 6.61 Å². The van der Waals surface area contributed by atoms with E-state index >= 15 is 0 Å². The van der Waals surface area contributed by atoms with Crippen molar-refractivity contribution in [2.45, 2.75) is 0 Å². The third kappa shape index (κ3) is 2.23. The van der Waals surface area contributed by atoms with E-state index in [1.165, 1.54) is 0 Å². The second-order valence-electron chi connectivity index (χ2n) is 2.37. The van der Waals surface area contributed by atoms with Crippen LogP contribution in [0, 0.1) is 23.2 Å². The topological polar surface area (TPSA) is 70.0 Å². The summed E-state index contributed by atoms with van der Waals surface area (Å²) >= 11 is 0. The molecule has 0 aliphatic rings. The number of hydrogen-bond acceptors (Lipinski definition) is 3. The minimum absolute atomic E-state index is 0.212. The number of hydrogen-bond donors (Lipinski definition) is 2. The van der Waals surface area contributed by atoms with E-state index in [0.29, 0.717) is 16.8 Å². The van der Waals surface area contributed by atoms with Gasteiger partial charge in [0.1, 0.15) is 6.61 Å². The molecule has 1 aromatic carbocycles. The highest BCUT2D eigenvalue weighted by atomic mass is 16.2. The van der Waals surface area contributed by atoms with Crippen LogP contribution in [0.3, 0.4) is 0 Å². The summed E-state index contributed by atoms with van der Waals surface area (Å²) in [5.74, 6) is 5.13. The van der Waals surface area contributed by atoms with E-state index in [1.807, 2.05) is 6.07 Å². The van der Waals surface area contributed by atoms with E-state index in [4.69, 9.17) is 16.1 Å². The molecule has 0 aliphatic carbocycles. The molecule has 0 saturated carbocycles. The Morgan fingerprint density at radius 3 is 2.85 bits per heavy atom. The van der Waals surface area contributed by atoms with Gasteiger partial charge in [0.2, 0.25) is 0 Å². The molecule has 0 spiro atoms. The molecule has 3 heteroatoms. The minimum Gasteiger partial charge on any atom is -0.398 e. The van der Waals surface area contributed by atoms with E-state index in [0.717, 1.165) is 0 Å². The van der Waals surface area contributed by atoms with Gasteiger partial charge < -0.3 is 10.8 Å². The first kappa shape index (κ1) is 9.12. The summed E-state index contributed by atoms with van der Waals surface area (Å²) < 4.78 is 0. The summed E-state index contributed by atoms with van der Waals surface area (Å²) in [6, 6.07) is 6.83. The van der Waals surface area contributed by atoms with Crippen LogP contribution in [0.15, 0.2) is 18.2 Å². The molecule has 0 unspecified atom stereocenters. The van der Waals surface area contributed by atoms with Crippen molar-refractivity contribution in [1.29, 1.82) is 5.26 Å². The molecule has 3 nitrogen and oxygen atoms in total. The van der Waals surface area contributed by atoms with Crippen LogP contribution in [0.1, 0.15) is 11.1 Å². The van der Waals surface area contributed by atoms with Gasteiger partial charge in [0, 0.05) is 11.3 Å². The molecule has 0 aromatic heterocycles. The summed E-state index contributed by atoms with van der Waals surface area (Å²) in [6.07, 6.45) is 0. The Kier molecular flexibility index (Phi) is 2.92. The fraction of sp³-hybridized carbons (Fsp3) is 0.100. The molecule has 1 rings (SSSR count). The standard InChI is InChI=1S/C10H8N2O/c11-7-8-3-4-10(12)9(6-8)2-1-5-13/h3-4,6,13H,5,12H2. The molecule has 0 aliphatic heterocycles. The van der Waals surface area contributed by atoms with Gasteiger partial charge in [-0.15, -0.1) is 0 Å². The van der Waals surface area contributed by atoms with Gasteiger partial charge >= 0.3 is 0 Å². The highest BCUT2D eigenvalue weighted by molar-refractivity contribution is 5.58. The maximum atomic E-state index is 8.59. The fourth-order valence-electron chi connectivity index (χ4n) is 0.869. The Bertz CT molecular complexity index is 407. The lowest BCUT2D eigenvalue weighted by molar-refractivity contribution is 0.350. The Morgan fingerprint density at radius 1 is 1.46 bits per heavy atom. The van der Waals surface area contributed by atoms with Crippen molar-refractivity contribution in [3.05, 3.63) is 29.3 Å². The maximum absolute atomic E-state index is 8.59. The van der Waals surface area contributed by atoms with Crippen molar-refractivity contribution >= 4 is 5.69 Å². The summed E-state index contributed by atoms with van der Waals surface area (Å²) in [4.78, 5) is 0. The molecule has 0 fully saturated rings. The number of rotatable bonds is 0. The van der Waals surface area contributed by atoms with Crippen LogP contribution in [0.4, 0.5) is 5.69 Å². The lowest BCUT2D eigenvalue weighted by Crippen LogP contribution is -1.91. The quantitative estimate of drug-likeness (QED) is 0.442. The summed E-state index contributed by atoms with van der Waals surface area (Å²) in [7, 11) is 0. The lowest BCUT2D eigenvalue weighted by Gasteiger charge is -1.97. The van der Waals surface area contributed by atoms with Crippen molar-refractivity contribution in [3.8, 4) is 17.9 Å². The van der Waals surface area contributed by atoms with Crippen molar-refractivity contribution in [2.75, 3.05) is 12.3 Å². The fourth-order valence-corrected chi connectivity index (χ4v) is 0.869. The molecule has 1 aromatic rings. The largest absolute Gasteiger partial charge is 0.398 e. The number of nitrogen functional groups attached to an aromatic ring is 1. The predicted octanol–water partition coefficient (Wildman–Crippen LogP) is 0.484. The van der Waals surface area contributed by atoms with Crippen LogP contribution in [0.5, 0.6) is 0 Å². The number of benzene rings is 1. The predicted molar refractivity (Wildman–Crippen MR) is 49.5 cm³/mol. The first-order chi connectivity index (χ1) is 6.27. The number of anilines is 1. The molecule has 0 heterocycles. The lowest BCUT2D eigenvalue weighted by atomic mass is 10.1. The Hall–Kier alpha value is -1.97. The van der Waals surface area contributed by atoms with Crippen LogP contribution in [-0.2, 0) is 0 Å². The number of nitriles is 1. The van der Waals surface area contributed by atoms with Gasteiger partial charge in [0.25, 0.3) is 0 Å². The van der Waals surface area contributed by atoms with Crippen molar-refractivity contribution in [3.63, 3.8) is 0 Å². The van der Waals surface area contributed by atoms with Crippen molar-refractivity contribution in [1.82, 2.24) is 0 Å². The highest BCUT2D eigenvalue weighted by Gasteiger charge is 1.96. The molecule has 13 heavy (non-hydrogen) atoms. The monoisotopic (exact) mass is 172 g/mol. The van der Waals surface area contributed by atoms with E-state index in [1.54, 1.807) is 18.2 Å².